The quantitative estimate of drug-likeness (QED) is 0.252. The van der Waals surface area contributed by atoms with Gasteiger partial charge in [-0.15, -0.1) is 11.3 Å². The molecule has 1 nitrogen and oxygen atoms in total. The van der Waals surface area contributed by atoms with E-state index in [1.807, 2.05) is 29.5 Å². The van der Waals surface area contributed by atoms with Gasteiger partial charge in [0.1, 0.15) is 0 Å². The van der Waals surface area contributed by atoms with Crippen molar-refractivity contribution in [1.29, 1.82) is 0 Å². The van der Waals surface area contributed by atoms with Crippen molar-refractivity contribution in [3.05, 3.63) is 126 Å². The number of anilines is 3. The number of para-hydroxylation sites is 2. The molecule has 158 valence electrons. The van der Waals surface area contributed by atoms with Gasteiger partial charge in [0.2, 0.25) is 0 Å². The fourth-order valence-electron chi connectivity index (χ4n) is 4.35. The first kappa shape index (κ1) is 20.0. The second kappa shape index (κ2) is 8.40. The first-order chi connectivity index (χ1) is 16.3. The molecular formula is C30H20ClNS. The third kappa shape index (κ3) is 3.78. The highest BCUT2D eigenvalue weighted by Gasteiger charge is 2.14. The molecule has 33 heavy (non-hydrogen) atoms. The highest BCUT2D eigenvalue weighted by atomic mass is 35.5. The predicted octanol–water partition coefficient (Wildman–Crippen LogP) is 9.84. The first-order valence-corrected chi connectivity index (χ1v) is 12.1. The third-order valence-corrected chi connectivity index (χ3v) is 7.27. The monoisotopic (exact) mass is 461 g/mol. The molecule has 0 aliphatic rings. The topological polar surface area (TPSA) is 3.24 Å². The van der Waals surface area contributed by atoms with E-state index in [-0.39, 0.29) is 0 Å². The molecule has 0 aliphatic carbocycles. The number of halogens is 1. The zero-order chi connectivity index (χ0) is 22.2. The van der Waals surface area contributed by atoms with Crippen molar-refractivity contribution in [1.82, 2.24) is 0 Å². The molecule has 1 aromatic heterocycles. The summed E-state index contributed by atoms with van der Waals surface area (Å²) in [6, 6.07) is 42.6. The van der Waals surface area contributed by atoms with Crippen LogP contribution in [0.4, 0.5) is 17.1 Å². The fraction of sp³-hybridized carbons (Fsp3) is 0. The number of thiophene rings is 1. The van der Waals surface area contributed by atoms with Gasteiger partial charge in [0.15, 0.2) is 0 Å². The number of benzene rings is 5. The largest absolute Gasteiger partial charge is 0.310 e. The van der Waals surface area contributed by atoms with Crippen molar-refractivity contribution in [2.24, 2.45) is 0 Å². The Morgan fingerprint density at radius 2 is 1.18 bits per heavy atom. The molecule has 0 unspecified atom stereocenters. The summed E-state index contributed by atoms with van der Waals surface area (Å²) >= 11 is 8.06. The van der Waals surface area contributed by atoms with Crippen molar-refractivity contribution in [3.8, 4) is 11.1 Å². The van der Waals surface area contributed by atoms with E-state index in [9.17, 15) is 0 Å². The molecule has 0 saturated carbocycles. The van der Waals surface area contributed by atoms with Crippen LogP contribution in [0.1, 0.15) is 0 Å². The van der Waals surface area contributed by atoms with Crippen LogP contribution in [-0.2, 0) is 0 Å². The average molecular weight is 462 g/mol. The maximum atomic E-state index is 6.22. The molecule has 6 aromatic rings. The number of hydrogen-bond acceptors (Lipinski definition) is 2. The van der Waals surface area contributed by atoms with Crippen LogP contribution in [0.15, 0.2) is 121 Å². The normalized spacial score (nSPS) is 11.2. The lowest BCUT2D eigenvalue weighted by Crippen LogP contribution is -2.09. The number of hydrogen-bond donors (Lipinski definition) is 0. The van der Waals surface area contributed by atoms with E-state index in [1.165, 1.54) is 25.7 Å². The maximum Gasteiger partial charge on any atom is 0.0468 e. The van der Waals surface area contributed by atoms with E-state index >= 15 is 0 Å². The molecule has 0 saturated heterocycles. The Balaban J connectivity index is 1.50. The van der Waals surface area contributed by atoms with E-state index in [4.69, 9.17) is 11.6 Å². The molecule has 0 aliphatic heterocycles. The second-order valence-corrected chi connectivity index (χ2v) is 9.53. The standard InChI is InChI=1S/C30H20ClNS/c31-23-9-7-8-21(18-23)22-14-16-27-28-20-26(15-17-29(28)33-30(27)19-22)32(24-10-3-1-4-11-24)25-12-5-2-6-13-25/h1-20H. The molecule has 0 radical (unpaired) electrons. The Morgan fingerprint density at radius 1 is 0.485 bits per heavy atom. The molecule has 0 N–H and O–H groups in total. The van der Waals surface area contributed by atoms with Crippen LogP contribution in [0.2, 0.25) is 5.02 Å². The smallest absolute Gasteiger partial charge is 0.0468 e. The van der Waals surface area contributed by atoms with E-state index in [0.29, 0.717) is 0 Å². The molecule has 0 atom stereocenters. The Labute approximate surface area is 202 Å². The first-order valence-electron chi connectivity index (χ1n) is 10.9. The molecule has 0 fully saturated rings. The summed E-state index contributed by atoms with van der Waals surface area (Å²) in [7, 11) is 0. The van der Waals surface area contributed by atoms with Crippen molar-refractivity contribution in [3.63, 3.8) is 0 Å². The number of nitrogens with zero attached hydrogens (tertiary/aromatic N) is 1. The van der Waals surface area contributed by atoms with Crippen molar-refractivity contribution in [2.75, 3.05) is 4.90 Å². The summed E-state index contributed by atoms with van der Waals surface area (Å²) in [5.41, 5.74) is 5.77. The van der Waals surface area contributed by atoms with Gasteiger partial charge in [-0.2, -0.15) is 0 Å². The highest BCUT2D eigenvalue weighted by molar-refractivity contribution is 7.25. The SMILES string of the molecule is Clc1cccc(-c2ccc3c(c2)sc2ccc(N(c4ccccc4)c4ccccc4)cc23)c1. The van der Waals surface area contributed by atoms with Crippen LogP contribution in [-0.4, -0.2) is 0 Å². The van der Waals surface area contributed by atoms with Crippen LogP contribution in [0.3, 0.4) is 0 Å². The number of fused-ring (bicyclic) bond motifs is 3. The summed E-state index contributed by atoms with van der Waals surface area (Å²) < 4.78 is 2.57. The van der Waals surface area contributed by atoms with Gasteiger partial charge in [-0.25, -0.2) is 0 Å². The Morgan fingerprint density at radius 3 is 1.88 bits per heavy atom. The second-order valence-electron chi connectivity index (χ2n) is 8.01. The van der Waals surface area contributed by atoms with Crippen LogP contribution < -0.4 is 4.90 Å². The van der Waals surface area contributed by atoms with Crippen LogP contribution >= 0.6 is 22.9 Å². The van der Waals surface area contributed by atoms with Gasteiger partial charge in [-0.1, -0.05) is 72.3 Å². The van der Waals surface area contributed by atoms with Gasteiger partial charge < -0.3 is 4.90 Å². The summed E-state index contributed by atoms with van der Waals surface area (Å²) in [5.74, 6) is 0. The summed E-state index contributed by atoms with van der Waals surface area (Å²) in [4.78, 5) is 2.31. The Bertz CT molecular complexity index is 1530. The van der Waals surface area contributed by atoms with Crippen LogP contribution in [0.25, 0.3) is 31.3 Å². The van der Waals surface area contributed by atoms with Gasteiger partial charge >= 0.3 is 0 Å². The van der Waals surface area contributed by atoms with Gasteiger partial charge in [0.25, 0.3) is 0 Å². The zero-order valence-electron chi connectivity index (χ0n) is 17.8. The lowest BCUT2D eigenvalue weighted by atomic mass is 10.0. The Hall–Kier alpha value is -3.59. The molecule has 0 bridgehead atoms. The van der Waals surface area contributed by atoms with E-state index in [1.54, 1.807) is 0 Å². The minimum absolute atomic E-state index is 0.760. The minimum atomic E-state index is 0.760. The van der Waals surface area contributed by atoms with Gasteiger partial charge in [-0.05, 0) is 71.8 Å². The fourth-order valence-corrected chi connectivity index (χ4v) is 5.67. The summed E-state index contributed by atoms with van der Waals surface area (Å²) in [6.07, 6.45) is 0. The molecule has 1 heterocycles. The molecule has 3 heteroatoms. The molecule has 5 aromatic carbocycles. The van der Waals surface area contributed by atoms with E-state index in [2.05, 4.69) is 108 Å². The molecule has 6 rings (SSSR count). The van der Waals surface area contributed by atoms with E-state index < -0.39 is 0 Å². The van der Waals surface area contributed by atoms with Crippen molar-refractivity contribution >= 4 is 60.2 Å². The Kier molecular flexibility index (Phi) is 5.10. The van der Waals surface area contributed by atoms with Crippen LogP contribution in [0, 0.1) is 0 Å². The van der Waals surface area contributed by atoms with Crippen molar-refractivity contribution in [2.45, 2.75) is 0 Å². The number of rotatable bonds is 4. The van der Waals surface area contributed by atoms with Gasteiger partial charge in [-0.3, -0.25) is 0 Å². The van der Waals surface area contributed by atoms with Crippen molar-refractivity contribution < 1.29 is 0 Å². The van der Waals surface area contributed by atoms with Crippen LogP contribution in [0.5, 0.6) is 0 Å². The highest BCUT2D eigenvalue weighted by Crippen LogP contribution is 2.41. The lowest BCUT2D eigenvalue weighted by Gasteiger charge is -2.25. The van der Waals surface area contributed by atoms with Gasteiger partial charge in [0, 0.05) is 42.3 Å². The predicted molar refractivity (Wildman–Crippen MR) is 144 cm³/mol. The average Bonchev–Trinajstić information content (AvgIpc) is 3.23. The summed E-state index contributed by atoms with van der Waals surface area (Å²) in [5, 5.41) is 3.32. The minimum Gasteiger partial charge on any atom is -0.310 e. The maximum absolute atomic E-state index is 6.22. The molecule has 0 spiro atoms. The third-order valence-electron chi connectivity index (χ3n) is 5.90. The lowest BCUT2D eigenvalue weighted by molar-refractivity contribution is 1.29. The summed E-state index contributed by atoms with van der Waals surface area (Å²) in [6.45, 7) is 0. The zero-order valence-corrected chi connectivity index (χ0v) is 19.4. The molecule has 0 amide bonds. The molecular weight excluding hydrogens is 442 g/mol. The van der Waals surface area contributed by atoms with E-state index in [0.717, 1.165) is 27.6 Å². The van der Waals surface area contributed by atoms with Gasteiger partial charge in [0.05, 0.1) is 0 Å².